The SMILES string of the molecule is N#Cc1c(N2CCN(S(=O)(=O)c3ccc(F)cc3)CC2)nc2ccccn12. The summed E-state index contributed by atoms with van der Waals surface area (Å²) in [6.07, 6.45) is 1.78. The normalized spacial score (nSPS) is 15.8. The van der Waals surface area contributed by atoms with Crippen molar-refractivity contribution in [2.75, 3.05) is 31.1 Å². The molecule has 1 saturated heterocycles. The highest BCUT2D eigenvalue weighted by Gasteiger charge is 2.30. The standard InChI is InChI=1S/C18H16FN5O2S/c19-14-4-6-15(7-5-14)27(25,26)23-11-9-22(10-12-23)18-16(13-20)24-8-2-1-3-17(24)21-18/h1-8H,9-12H2. The first-order valence-corrected chi connectivity index (χ1v) is 9.82. The maximum absolute atomic E-state index is 13.1. The van der Waals surface area contributed by atoms with Gasteiger partial charge in [0, 0.05) is 32.4 Å². The van der Waals surface area contributed by atoms with Gasteiger partial charge in [-0.15, -0.1) is 0 Å². The fraction of sp³-hybridized carbons (Fsp3) is 0.222. The Labute approximate surface area is 155 Å². The minimum atomic E-state index is -3.68. The zero-order valence-electron chi connectivity index (χ0n) is 14.3. The largest absolute Gasteiger partial charge is 0.352 e. The van der Waals surface area contributed by atoms with E-state index in [0.29, 0.717) is 30.2 Å². The molecule has 0 amide bonds. The number of pyridine rings is 1. The lowest BCUT2D eigenvalue weighted by Crippen LogP contribution is -2.49. The van der Waals surface area contributed by atoms with Crippen molar-refractivity contribution in [3.63, 3.8) is 0 Å². The highest BCUT2D eigenvalue weighted by Crippen LogP contribution is 2.24. The first-order valence-electron chi connectivity index (χ1n) is 8.38. The van der Waals surface area contributed by atoms with Crippen LogP contribution in [0, 0.1) is 17.1 Å². The fourth-order valence-corrected chi connectivity index (χ4v) is 4.63. The third-order valence-electron chi connectivity index (χ3n) is 4.61. The average Bonchev–Trinajstić information content (AvgIpc) is 3.07. The Hall–Kier alpha value is -2.96. The summed E-state index contributed by atoms with van der Waals surface area (Å²) in [7, 11) is -3.68. The van der Waals surface area contributed by atoms with E-state index in [9.17, 15) is 18.1 Å². The number of sulfonamides is 1. The molecule has 138 valence electrons. The van der Waals surface area contributed by atoms with Crippen LogP contribution in [0.4, 0.5) is 10.2 Å². The van der Waals surface area contributed by atoms with Crippen LogP contribution in [0.2, 0.25) is 0 Å². The van der Waals surface area contributed by atoms with E-state index < -0.39 is 15.8 Å². The molecule has 7 nitrogen and oxygen atoms in total. The van der Waals surface area contributed by atoms with E-state index in [2.05, 4.69) is 11.1 Å². The van der Waals surface area contributed by atoms with Gasteiger partial charge in [0.2, 0.25) is 10.0 Å². The van der Waals surface area contributed by atoms with Crippen LogP contribution in [-0.4, -0.2) is 48.3 Å². The average molecular weight is 385 g/mol. The molecule has 1 aromatic carbocycles. The van der Waals surface area contributed by atoms with Crippen molar-refractivity contribution in [2.45, 2.75) is 4.90 Å². The zero-order valence-corrected chi connectivity index (χ0v) is 15.1. The number of piperazine rings is 1. The first-order chi connectivity index (χ1) is 13.0. The summed E-state index contributed by atoms with van der Waals surface area (Å²) in [5.41, 5.74) is 1.10. The number of imidazole rings is 1. The smallest absolute Gasteiger partial charge is 0.243 e. The first kappa shape index (κ1) is 17.5. The van der Waals surface area contributed by atoms with Crippen LogP contribution in [0.1, 0.15) is 5.69 Å². The molecular weight excluding hydrogens is 369 g/mol. The quantitative estimate of drug-likeness (QED) is 0.687. The van der Waals surface area contributed by atoms with Gasteiger partial charge in [0.1, 0.15) is 17.5 Å². The number of hydrogen-bond donors (Lipinski definition) is 0. The summed E-state index contributed by atoms with van der Waals surface area (Å²) in [4.78, 5) is 6.51. The summed E-state index contributed by atoms with van der Waals surface area (Å²) in [5, 5.41) is 9.51. The Morgan fingerprint density at radius 3 is 2.41 bits per heavy atom. The van der Waals surface area contributed by atoms with Gasteiger partial charge >= 0.3 is 0 Å². The van der Waals surface area contributed by atoms with E-state index in [1.54, 1.807) is 10.6 Å². The molecule has 0 unspecified atom stereocenters. The second-order valence-corrected chi connectivity index (χ2v) is 8.11. The van der Waals surface area contributed by atoms with Crippen molar-refractivity contribution >= 4 is 21.5 Å². The molecule has 27 heavy (non-hydrogen) atoms. The van der Waals surface area contributed by atoms with Crippen molar-refractivity contribution in [1.82, 2.24) is 13.7 Å². The van der Waals surface area contributed by atoms with Gasteiger partial charge in [0.05, 0.1) is 4.90 Å². The van der Waals surface area contributed by atoms with Crippen molar-refractivity contribution in [1.29, 1.82) is 5.26 Å². The highest BCUT2D eigenvalue weighted by atomic mass is 32.2. The van der Waals surface area contributed by atoms with E-state index in [0.717, 1.165) is 12.1 Å². The number of halogens is 1. The third kappa shape index (κ3) is 3.03. The predicted molar refractivity (Wildman–Crippen MR) is 97.3 cm³/mol. The number of hydrogen-bond acceptors (Lipinski definition) is 5. The molecule has 0 spiro atoms. The number of nitrogens with zero attached hydrogens (tertiary/aromatic N) is 5. The lowest BCUT2D eigenvalue weighted by atomic mass is 10.3. The Morgan fingerprint density at radius 2 is 1.74 bits per heavy atom. The van der Waals surface area contributed by atoms with Gasteiger partial charge in [-0.2, -0.15) is 9.57 Å². The molecule has 3 aromatic rings. The molecule has 3 heterocycles. The molecule has 0 bridgehead atoms. The highest BCUT2D eigenvalue weighted by molar-refractivity contribution is 7.89. The molecule has 9 heteroatoms. The minimum Gasteiger partial charge on any atom is -0.352 e. The second-order valence-electron chi connectivity index (χ2n) is 6.17. The molecule has 0 aliphatic carbocycles. The molecule has 0 N–H and O–H groups in total. The molecule has 0 radical (unpaired) electrons. The van der Waals surface area contributed by atoms with Gasteiger partial charge in [-0.3, -0.25) is 4.40 Å². The van der Waals surface area contributed by atoms with Gasteiger partial charge in [-0.1, -0.05) is 6.07 Å². The van der Waals surface area contributed by atoms with E-state index >= 15 is 0 Å². The van der Waals surface area contributed by atoms with Gasteiger partial charge in [-0.05, 0) is 36.4 Å². The summed E-state index contributed by atoms with van der Waals surface area (Å²) in [5.74, 6) is 0.0807. The summed E-state index contributed by atoms with van der Waals surface area (Å²) in [6, 6.07) is 12.5. The topological polar surface area (TPSA) is 81.7 Å². The lowest BCUT2D eigenvalue weighted by molar-refractivity contribution is 0.384. The number of rotatable bonds is 3. The minimum absolute atomic E-state index is 0.0720. The van der Waals surface area contributed by atoms with Crippen LogP contribution >= 0.6 is 0 Å². The Kier molecular flexibility index (Phi) is 4.30. The molecule has 4 rings (SSSR count). The van der Waals surface area contributed by atoms with Crippen LogP contribution in [0.3, 0.4) is 0 Å². The van der Waals surface area contributed by atoms with Crippen molar-refractivity contribution in [3.05, 3.63) is 60.2 Å². The maximum Gasteiger partial charge on any atom is 0.243 e. The fourth-order valence-electron chi connectivity index (χ4n) is 3.20. The molecule has 1 aliphatic heterocycles. The summed E-state index contributed by atoms with van der Waals surface area (Å²) < 4.78 is 41.6. The van der Waals surface area contributed by atoms with Gasteiger partial charge in [0.25, 0.3) is 0 Å². The number of anilines is 1. The molecule has 1 aliphatic rings. The Morgan fingerprint density at radius 1 is 1.04 bits per heavy atom. The summed E-state index contributed by atoms with van der Waals surface area (Å²) in [6.45, 7) is 1.36. The predicted octanol–water partition coefficient (Wildman–Crippen LogP) is 1.86. The maximum atomic E-state index is 13.1. The molecule has 1 fully saturated rings. The number of aromatic nitrogens is 2. The van der Waals surface area contributed by atoms with Crippen LogP contribution in [0.5, 0.6) is 0 Å². The van der Waals surface area contributed by atoms with E-state index in [1.165, 1.54) is 16.4 Å². The molecule has 0 saturated carbocycles. The summed E-state index contributed by atoms with van der Waals surface area (Å²) >= 11 is 0. The van der Waals surface area contributed by atoms with Crippen LogP contribution in [0.15, 0.2) is 53.6 Å². The van der Waals surface area contributed by atoms with Crippen LogP contribution in [0.25, 0.3) is 5.65 Å². The van der Waals surface area contributed by atoms with Gasteiger partial charge < -0.3 is 4.90 Å². The lowest BCUT2D eigenvalue weighted by Gasteiger charge is -2.34. The molecular formula is C18H16FN5O2S. The number of fused-ring (bicyclic) bond motifs is 1. The molecule has 2 aromatic heterocycles. The van der Waals surface area contributed by atoms with E-state index in [4.69, 9.17) is 0 Å². The Balaban J connectivity index is 1.56. The van der Waals surface area contributed by atoms with Crippen molar-refractivity contribution < 1.29 is 12.8 Å². The molecule has 0 atom stereocenters. The van der Waals surface area contributed by atoms with Crippen LogP contribution < -0.4 is 4.90 Å². The zero-order chi connectivity index (χ0) is 19.0. The van der Waals surface area contributed by atoms with Crippen LogP contribution in [-0.2, 0) is 10.0 Å². The second kappa shape index (κ2) is 6.64. The Bertz CT molecular complexity index is 1130. The van der Waals surface area contributed by atoms with Crippen molar-refractivity contribution in [2.24, 2.45) is 0 Å². The van der Waals surface area contributed by atoms with Gasteiger partial charge in [-0.25, -0.2) is 17.8 Å². The number of benzene rings is 1. The number of nitriles is 1. The van der Waals surface area contributed by atoms with E-state index in [1.807, 2.05) is 23.1 Å². The van der Waals surface area contributed by atoms with E-state index in [-0.39, 0.29) is 18.0 Å². The third-order valence-corrected chi connectivity index (χ3v) is 6.52. The monoisotopic (exact) mass is 385 g/mol. The van der Waals surface area contributed by atoms with Crippen molar-refractivity contribution in [3.8, 4) is 6.07 Å². The van der Waals surface area contributed by atoms with Gasteiger partial charge in [0.15, 0.2) is 11.5 Å².